The van der Waals surface area contributed by atoms with Gasteiger partial charge in [-0.05, 0) is 53.5 Å². The molecule has 0 saturated carbocycles. The quantitative estimate of drug-likeness (QED) is 0.386. The third-order valence-electron chi connectivity index (χ3n) is 6.38. The van der Waals surface area contributed by atoms with Crippen LogP contribution in [-0.4, -0.2) is 60.0 Å². The first kappa shape index (κ1) is 24.1. The fraction of sp³-hybridized carbons (Fsp3) is 0.259. The molecule has 0 atom stereocenters. The molecule has 4 heterocycles. The molecule has 2 aliphatic rings. The van der Waals surface area contributed by atoms with E-state index in [1.54, 1.807) is 42.7 Å². The lowest BCUT2D eigenvalue weighted by Gasteiger charge is -2.27. The number of hydrogen-bond donors (Lipinski definition) is 2. The molecule has 2 aliphatic heterocycles. The zero-order chi connectivity index (χ0) is 25.9. The second kappa shape index (κ2) is 10.2. The van der Waals surface area contributed by atoms with Gasteiger partial charge in [-0.15, -0.1) is 4.70 Å². The average molecular weight is 499 g/mol. The zero-order valence-corrected chi connectivity index (χ0v) is 20.8. The molecule has 4 bridgehead atoms. The molecule has 1 aromatic carbocycles. The van der Waals surface area contributed by atoms with Gasteiger partial charge in [0.2, 0.25) is 6.67 Å². The van der Waals surface area contributed by atoms with Crippen LogP contribution < -0.4 is 16.0 Å². The van der Waals surface area contributed by atoms with E-state index in [-0.39, 0.29) is 11.4 Å². The number of nitrogen functional groups attached to an aromatic ring is 1. The molecule has 0 radical (unpaired) electrons. The van der Waals surface area contributed by atoms with Crippen LogP contribution in [0.1, 0.15) is 39.8 Å². The van der Waals surface area contributed by atoms with Crippen molar-refractivity contribution in [1.82, 2.24) is 9.97 Å². The predicted molar refractivity (Wildman–Crippen MR) is 141 cm³/mol. The third kappa shape index (κ3) is 5.04. The number of ether oxygens (including phenoxy) is 1. The summed E-state index contributed by atoms with van der Waals surface area (Å²) in [4.78, 5) is 36.6. The van der Waals surface area contributed by atoms with Gasteiger partial charge in [0.15, 0.2) is 12.2 Å². The highest BCUT2D eigenvalue weighted by molar-refractivity contribution is 6.08. The Morgan fingerprint density at radius 1 is 1.22 bits per heavy atom. The summed E-state index contributed by atoms with van der Waals surface area (Å²) >= 11 is 0. The number of nitrogens with one attached hydrogen (secondary N) is 1. The first-order valence-electron chi connectivity index (χ1n) is 12.0. The Bertz CT molecular complexity index is 1450. The number of rotatable bonds is 1. The van der Waals surface area contributed by atoms with Crippen molar-refractivity contribution in [3.63, 3.8) is 0 Å². The minimum absolute atomic E-state index is 0.110. The SMILES string of the molecule is COC(=O)c1ccc2c(c1)/C=C(/C)CN=[N+]1CCCN(C1)c1ccncc1NC(=O)c1nc-2ccc1N. The van der Waals surface area contributed by atoms with Crippen LogP contribution in [-0.2, 0) is 4.74 Å². The Hall–Kier alpha value is -4.60. The second-order valence-corrected chi connectivity index (χ2v) is 9.05. The summed E-state index contributed by atoms with van der Waals surface area (Å²) in [5.41, 5.74) is 11.5. The number of nitrogens with two attached hydrogens (primary N) is 1. The summed E-state index contributed by atoms with van der Waals surface area (Å²) in [6.07, 6.45) is 6.24. The van der Waals surface area contributed by atoms with Crippen LogP contribution in [0.4, 0.5) is 17.1 Å². The minimum Gasteiger partial charge on any atom is -0.465 e. The number of carbonyl (C=O) groups excluding carboxylic acids is 2. The summed E-state index contributed by atoms with van der Waals surface area (Å²) in [6.45, 7) is 4.74. The molecule has 2 aromatic heterocycles. The van der Waals surface area contributed by atoms with E-state index in [4.69, 9.17) is 15.6 Å². The Morgan fingerprint density at radius 3 is 2.92 bits per heavy atom. The van der Waals surface area contributed by atoms with Crippen molar-refractivity contribution in [3.8, 4) is 11.3 Å². The Morgan fingerprint density at radius 2 is 2.08 bits per heavy atom. The van der Waals surface area contributed by atoms with E-state index in [2.05, 4.69) is 20.2 Å². The van der Waals surface area contributed by atoms with Crippen molar-refractivity contribution in [3.05, 3.63) is 71.2 Å². The summed E-state index contributed by atoms with van der Waals surface area (Å²) in [5, 5.41) is 7.77. The molecule has 3 aromatic rings. The molecule has 3 N–H and O–H groups in total. The molecule has 5 rings (SSSR count). The number of nitrogens with zero attached hydrogens (tertiary/aromatic N) is 5. The maximum atomic E-state index is 13.4. The first-order chi connectivity index (χ1) is 17.9. The fourth-order valence-corrected chi connectivity index (χ4v) is 4.52. The van der Waals surface area contributed by atoms with Crippen LogP contribution in [0.3, 0.4) is 0 Å². The largest absolute Gasteiger partial charge is 0.465 e. The topological polar surface area (TPSA) is 126 Å². The van der Waals surface area contributed by atoms with Crippen LogP contribution in [0.25, 0.3) is 17.3 Å². The van der Waals surface area contributed by atoms with Crippen LogP contribution in [0.5, 0.6) is 0 Å². The number of esters is 1. The number of amides is 1. The molecule has 1 fully saturated rings. The molecular formula is C27H28N7O3+. The number of pyridine rings is 2. The van der Waals surface area contributed by atoms with Crippen molar-refractivity contribution in [1.29, 1.82) is 0 Å². The van der Waals surface area contributed by atoms with Gasteiger partial charge in [-0.1, -0.05) is 12.1 Å². The summed E-state index contributed by atoms with van der Waals surface area (Å²) in [7, 11) is 1.35. The average Bonchev–Trinajstić information content (AvgIpc) is 2.92. The number of aromatic nitrogens is 2. The van der Waals surface area contributed by atoms with E-state index in [0.717, 1.165) is 41.9 Å². The highest BCUT2D eigenvalue weighted by Crippen LogP contribution is 2.30. The second-order valence-electron chi connectivity index (χ2n) is 9.05. The van der Waals surface area contributed by atoms with Gasteiger partial charge in [-0.25, -0.2) is 9.78 Å². The number of azo groups is 2. The highest BCUT2D eigenvalue weighted by atomic mass is 16.5. The van der Waals surface area contributed by atoms with Crippen LogP contribution >= 0.6 is 0 Å². The summed E-state index contributed by atoms with van der Waals surface area (Å²) in [6, 6.07) is 10.5. The third-order valence-corrected chi connectivity index (χ3v) is 6.38. The lowest BCUT2D eigenvalue weighted by molar-refractivity contribution is -0.599. The van der Waals surface area contributed by atoms with Crippen LogP contribution in [0.15, 0.2) is 59.5 Å². The molecule has 0 aliphatic carbocycles. The first-order valence-corrected chi connectivity index (χ1v) is 12.0. The molecule has 0 spiro atoms. The van der Waals surface area contributed by atoms with Gasteiger partial charge in [0.1, 0.15) is 6.54 Å². The number of hydrogen-bond acceptors (Lipinski definition) is 8. The van der Waals surface area contributed by atoms with E-state index in [1.165, 1.54) is 7.11 Å². The number of methoxy groups -OCH3 is 1. The number of carbonyl (C=O) groups is 2. The van der Waals surface area contributed by atoms with Gasteiger partial charge in [0.05, 0.1) is 41.6 Å². The maximum absolute atomic E-state index is 13.4. The van der Waals surface area contributed by atoms with Gasteiger partial charge >= 0.3 is 5.97 Å². The molecule has 10 heteroatoms. The molecule has 1 saturated heterocycles. The molecule has 10 nitrogen and oxygen atoms in total. The zero-order valence-electron chi connectivity index (χ0n) is 20.8. The Kier molecular flexibility index (Phi) is 6.63. The van der Waals surface area contributed by atoms with Gasteiger partial charge < -0.3 is 20.7 Å². The van der Waals surface area contributed by atoms with E-state index < -0.39 is 11.9 Å². The molecule has 188 valence electrons. The van der Waals surface area contributed by atoms with E-state index in [1.807, 2.05) is 23.8 Å². The van der Waals surface area contributed by atoms with Gasteiger partial charge in [0.25, 0.3) is 5.91 Å². The fourth-order valence-electron chi connectivity index (χ4n) is 4.52. The predicted octanol–water partition coefficient (Wildman–Crippen LogP) is 3.81. The highest BCUT2D eigenvalue weighted by Gasteiger charge is 2.25. The normalized spacial score (nSPS) is 16.9. The lowest BCUT2D eigenvalue weighted by atomic mass is 9.98. The van der Waals surface area contributed by atoms with Gasteiger partial charge in [0, 0.05) is 24.7 Å². The van der Waals surface area contributed by atoms with Crippen molar-refractivity contribution < 1.29 is 19.0 Å². The Labute approximate surface area is 214 Å². The lowest BCUT2D eigenvalue weighted by Crippen LogP contribution is -2.40. The smallest absolute Gasteiger partial charge is 0.337 e. The van der Waals surface area contributed by atoms with E-state index >= 15 is 0 Å². The number of anilines is 3. The number of fused-ring (bicyclic) bond motifs is 8. The minimum atomic E-state index is -0.434. The Balaban J connectivity index is 1.68. The summed E-state index contributed by atoms with van der Waals surface area (Å²) in [5.74, 6) is -0.865. The van der Waals surface area contributed by atoms with Crippen molar-refractivity contribution >= 4 is 35.0 Å². The van der Waals surface area contributed by atoms with Crippen LogP contribution in [0, 0.1) is 0 Å². The van der Waals surface area contributed by atoms with Crippen LogP contribution in [0.2, 0.25) is 0 Å². The molecule has 1 amide bonds. The van der Waals surface area contributed by atoms with Crippen molar-refractivity contribution in [2.24, 2.45) is 5.11 Å². The van der Waals surface area contributed by atoms with E-state index in [9.17, 15) is 9.59 Å². The maximum Gasteiger partial charge on any atom is 0.337 e. The van der Waals surface area contributed by atoms with Crippen molar-refractivity contribution in [2.45, 2.75) is 13.3 Å². The van der Waals surface area contributed by atoms with E-state index in [0.29, 0.717) is 30.2 Å². The monoisotopic (exact) mass is 498 g/mol. The van der Waals surface area contributed by atoms with Crippen molar-refractivity contribution in [2.75, 3.05) is 49.4 Å². The standard InChI is InChI=1S/C27H27N7O3/c1-17-12-19-13-18(27(36)37-2)4-5-20(19)22-7-6-21(28)25(31-22)26(35)32-23-15-29-9-8-24(23)33-10-3-11-34(16-33)30-14-17/h4-9,12-13,15H,3,10-11,14,16H2,1-2H3,(H2-,28,32,35,36)/p+1/b17-12-,34-30?. The molecule has 0 unspecified atom stereocenters. The van der Waals surface area contributed by atoms with Gasteiger partial charge in [-0.2, -0.15) is 0 Å². The molecule has 37 heavy (non-hydrogen) atoms. The summed E-state index contributed by atoms with van der Waals surface area (Å²) < 4.78 is 6.95. The molecular weight excluding hydrogens is 470 g/mol. The van der Waals surface area contributed by atoms with Gasteiger partial charge in [-0.3, -0.25) is 9.78 Å². The number of benzene rings is 1.